The van der Waals surface area contributed by atoms with Crippen LogP contribution in [-0.2, 0) is 17.0 Å². The number of carboxylic acid groups (broad SMARTS) is 1. The van der Waals surface area contributed by atoms with Gasteiger partial charge in [0.1, 0.15) is 0 Å². The summed E-state index contributed by atoms with van der Waals surface area (Å²) in [4.78, 5) is 17.2. The number of imidazole rings is 1. The van der Waals surface area contributed by atoms with Crippen molar-refractivity contribution in [1.29, 1.82) is 0 Å². The Balaban J connectivity index is 2.17. The van der Waals surface area contributed by atoms with Crippen LogP contribution >= 0.6 is 0 Å². The SMILES string of the molecule is CS(=O)c1cc2nc(-n3cc(C(=O)O)cn3)[nH]c2cc1C(F)(F)F. The summed E-state index contributed by atoms with van der Waals surface area (Å²) in [7, 11) is -1.85. The van der Waals surface area contributed by atoms with Crippen molar-refractivity contribution >= 4 is 27.8 Å². The molecule has 0 spiro atoms. The van der Waals surface area contributed by atoms with Crippen LogP contribution in [0.1, 0.15) is 15.9 Å². The number of aromatic amines is 1. The van der Waals surface area contributed by atoms with E-state index in [0.29, 0.717) is 0 Å². The number of hydrogen-bond acceptors (Lipinski definition) is 4. The van der Waals surface area contributed by atoms with Crippen molar-refractivity contribution in [3.8, 4) is 5.95 Å². The van der Waals surface area contributed by atoms with Crippen molar-refractivity contribution < 1.29 is 27.3 Å². The molecule has 1 atom stereocenters. The van der Waals surface area contributed by atoms with Gasteiger partial charge in [-0.3, -0.25) is 4.21 Å². The van der Waals surface area contributed by atoms with Crippen molar-refractivity contribution in [3.63, 3.8) is 0 Å². The molecule has 0 saturated heterocycles. The minimum atomic E-state index is -4.66. The van der Waals surface area contributed by atoms with Gasteiger partial charge in [-0.25, -0.2) is 14.5 Å². The zero-order valence-electron chi connectivity index (χ0n) is 12.0. The molecule has 24 heavy (non-hydrogen) atoms. The number of H-pyrrole nitrogens is 1. The summed E-state index contributed by atoms with van der Waals surface area (Å²) in [5.74, 6) is -1.15. The summed E-state index contributed by atoms with van der Waals surface area (Å²) in [5.41, 5.74) is -0.881. The second-order valence-corrected chi connectivity index (χ2v) is 6.20. The van der Waals surface area contributed by atoms with Crippen molar-refractivity contribution in [2.45, 2.75) is 11.1 Å². The molecule has 0 bridgehead atoms. The summed E-state index contributed by atoms with van der Waals surface area (Å²) < 4.78 is 52.0. The average molecular weight is 358 g/mol. The number of nitrogens with zero attached hydrogens (tertiary/aromatic N) is 3. The second kappa shape index (κ2) is 5.44. The Morgan fingerprint density at radius 3 is 2.62 bits per heavy atom. The maximum absolute atomic E-state index is 13.1. The molecular weight excluding hydrogens is 349 g/mol. The van der Waals surface area contributed by atoms with Gasteiger partial charge in [-0.15, -0.1) is 0 Å². The van der Waals surface area contributed by atoms with Gasteiger partial charge in [0.15, 0.2) is 0 Å². The van der Waals surface area contributed by atoms with E-state index in [2.05, 4.69) is 15.1 Å². The molecule has 0 aliphatic heterocycles. The lowest BCUT2D eigenvalue weighted by Crippen LogP contribution is -2.09. The fourth-order valence-corrected chi connectivity index (χ4v) is 2.90. The zero-order chi connectivity index (χ0) is 17.6. The van der Waals surface area contributed by atoms with E-state index >= 15 is 0 Å². The van der Waals surface area contributed by atoms with Crippen molar-refractivity contribution in [3.05, 3.63) is 35.7 Å². The first kappa shape index (κ1) is 16.2. The predicted octanol–water partition coefficient (Wildman–Crippen LogP) is 2.20. The fourth-order valence-electron chi connectivity index (χ4n) is 2.14. The first-order valence-electron chi connectivity index (χ1n) is 6.39. The van der Waals surface area contributed by atoms with Crippen LogP contribution in [0.3, 0.4) is 0 Å². The largest absolute Gasteiger partial charge is 0.478 e. The summed E-state index contributed by atoms with van der Waals surface area (Å²) in [6.07, 6.45) is -1.26. The number of fused-ring (bicyclic) bond motifs is 1. The molecule has 126 valence electrons. The highest BCUT2D eigenvalue weighted by molar-refractivity contribution is 7.84. The summed E-state index contributed by atoms with van der Waals surface area (Å²) in [6, 6.07) is 1.92. The summed E-state index contributed by atoms with van der Waals surface area (Å²) >= 11 is 0. The molecule has 0 saturated carbocycles. The first-order valence-corrected chi connectivity index (χ1v) is 7.95. The quantitative estimate of drug-likeness (QED) is 0.748. The van der Waals surface area contributed by atoms with E-state index in [4.69, 9.17) is 5.11 Å². The number of carboxylic acids is 1. The van der Waals surface area contributed by atoms with Crippen molar-refractivity contribution in [1.82, 2.24) is 19.7 Å². The Bertz CT molecular complexity index is 977. The number of carbonyl (C=O) groups is 1. The van der Waals surface area contributed by atoms with Crippen LogP contribution in [0.2, 0.25) is 0 Å². The highest BCUT2D eigenvalue weighted by atomic mass is 32.2. The van der Waals surface area contributed by atoms with Crippen LogP contribution in [0.15, 0.2) is 29.4 Å². The smallest absolute Gasteiger partial charge is 0.417 e. The molecule has 3 aromatic rings. The fraction of sp³-hybridized carbons (Fsp3) is 0.154. The van der Waals surface area contributed by atoms with E-state index in [0.717, 1.165) is 29.3 Å². The molecule has 2 N–H and O–H groups in total. The highest BCUT2D eigenvalue weighted by Crippen LogP contribution is 2.35. The second-order valence-electron chi connectivity index (χ2n) is 4.86. The van der Waals surface area contributed by atoms with Crippen LogP contribution in [0.4, 0.5) is 13.2 Å². The van der Waals surface area contributed by atoms with Crippen molar-refractivity contribution in [2.24, 2.45) is 0 Å². The first-order chi connectivity index (χ1) is 11.2. The van der Waals surface area contributed by atoms with Gasteiger partial charge >= 0.3 is 12.1 Å². The number of nitrogens with one attached hydrogen (secondary N) is 1. The molecule has 3 rings (SSSR count). The number of aromatic carboxylic acids is 1. The van der Waals surface area contributed by atoms with E-state index < -0.39 is 28.5 Å². The monoisotopic (exact) mass is 358 g/mol. The molecule has 0 radical (unpaired) electrons. The van der Waals surface area contributed by atoms with E-state index in [-0.39, 0.29) is 27.4 Å². The standard InChI is InChI=1S/C13H9F3N4O3S/c1-24(23)10-3-9-8(2-7(10)13(14,15)16)18-12(19-9)20-5-6(4-17-20)11(21)22/h2-5H,1H3,(H,18,19)(H,21,22). The van der Waals surface area contributed by atoms with Crippen LogP contribution < -0.4 is 0 Å². The number of halogens is 3. The number of hydrogen-bond donors (Lipinski definition) is 2. The van der Waals surface area contributed by atoms with Crippen LogP contribution in [0.25, 0.3) is 17.0 Å². The molecule has 11 heteroatoms. The molecule has 0 fully saturated rings. The van der Waals surface area contributed by atoms with E-state index in [1.165, 1.54) is 6.20 Å². The lowest BCUT2D eigenvalue weighted by atomic mass is 10.2. The Morgan fingerprint density at radius 1 is 1.38 bits per heavy atom. The maximum Gasteiger partial charge on any atom is 0.417 e. The topological polar surface area (TPSA) is 101 Å². The number of alkyl halides is 3. The molecule has 0 aliphatic carbocycles. The van der Waals surface area contributed by atoms with E-state index in [9.17, 15) is 22.2 Å². The van der Waals surface area contributed by atoms with E-state index in [1.807, 2.05) is 0 Å². The average Bonchev–Trinajstić information content (AvgIpc) is 3.11. The van der Waals surface area contributed by atoms with Gasteiger partial charge in [0, 0.05) is 12.5 Å². The lowest BCUT2D eigenvalue weighted by Gasteiger charge is -2.10. The summed E-state index contributed by atoms with van der Waals surface area (Å²) in [5, 5.41) is 12.7. The van der Waals surface area contributed by atoms with Crippen LogP contribution in [0.5, 0.6) is 0 Å². The van der Waals surface area contributed by atoms with E-state index in [1.54, 1.807) is 0 Å². The third-order valence-electron chi connectivity index (χ3n) is 3.23. The Kier molecular flexibility index (Phi) is 3.67. The van der Waals surface area contributed by atoms with Gasteiger partial charge in [0.25, 0.3) is 0 Å². The third-order valence-corrected chi connectivity index (χ3v) is 4.19. The van der Waals surface area contributed by atoms with Gasteiger partial charge in [-0.1, -0.05) is 0 Å². The molecule has 2 aromatic heterocycles. The molecule has 1 unspecified atom stereocenters. The van der Waals surface area contributed by atoms with Crippen LogP contribution in [0, 0.1) is 0 Å². The third kappa shape index (κ3) is 2.77. The normalized spacial score (nSPS) is 13.3. The van der Waals surface area contributed by atoms with Gasteiger partial charge < -0.3 is 10.1 Å². The molecule has 0 aliphatic rings. The van der Waals surface area contributed by atoms with Gasteiger partial charge in [-0.05, 0) is 12.1 Å². The lowest BCUT2D eigenvalue weighted by molar-refractivity contribution is -0.139. The number of rotatable bonds is 3. The molecule has 0 amide bonds. The molecule has 2 heterocycles. The molecule has 1 aromatic carbocycles. The Morgan fingerprint density at radius 2 is 2.08 bits per heavy atom. The number of benzene rings is 1. The summed E-state index contributed by atoms with van der Waals surface area (Å²) in [6.45, 7) is 0. The minimum absolute atomic E-state index is 0.0460. The van der Waals surface area contributed by atoms with Crippen LogP contribution in [-0.4, -0.2) is 41.3 Å². The molecular formula is C13H9F3N4O3S. The highest BCUT2D eigenvalue weighted by Gasteiger charge is 2.35. The predicted molar refractivity (Wildman–Crippen MR) is 77.5 cm³/mol. The Labute approximate surface area is 134 Å². The van der Waals surface area contributed by atoms with Crippen molar-refractivity contribution in [2.75, 3.05) is 6.26 Å². The van der Waals surface area contributed by atoms with Gasteiger partial charge in [0.05, 0.1) is 44.1 Å². The van der Waals surface area contributed by atoms with Gasteiger partial charge in [-0.2, -0.15) is 18.3 Å². The maximum atomic E-state index is 13.1. The zero-order valence-corrected chi connectivity index (χ0v) is 12.8. The minimum Gasteiger partial charge on any atom is -0.478 e. The number of aromatic nitrogens is 4. The Hall–Kier alpha value is -2.69. The molecule has 7 nitrogen and oxygen atoms in total. The van der Waals surface area contributed by atoms with Gasteiger partial charge in [0.2, 0.25) is 5.95 Å².